The number of hydrogen-bond donors (Lipinski definition) is 1. The van der Waals surface area contributed by atoms with Gasteiger partial charge in [0.2, 0.25) is 5.91 Å². The molecule has 0 heterocycles. The molecule has 0 unspecified atom stereocenters. The molecule has 1 amide bonds. The van der Waals surface area contributed by atoms with Crippen molar-refractivity contribution in [1.82, 2.24) is 5.32 Å². The molecule has 4 heteroatoms. The molecule has 0 saturated carbocycles. The van der Waals surface area contributed by atoms with E-state index in [4.69, 9.17) is 23.2 Å². The molecule has 0 bridgehead atoms. The zero-order valence-corrected chi connectivity index (χ0v) is 13.0. The van der Waals surface area contributed by atoms with Crippen molar-refractivity contribution in [2.45, 2.75) is 39.5 Å². The second-order valence-electron chi connectivity index (χ2n) is 4.72. The second-order valence-corrected chi connectivity index (χ2v) is 5.57. The number of carbonyl (C=O) groups excluding carboxylic acids is 1. The molecule has 1 rings (SSSR count). The van der Waals surface area contributed by atoms with Gasteiger partial charge in [-0.15, -0.1) is 0 Å². The maximum atomic E-state index is 11.8. The fourth-order valence-corrected chi connectivity index (χ4v) is 2.40. The minimum atomic E-state index is 0.0814. The minimum absolute atomic E-state index is 0.0814. The lowest BCUT2D eigenvalue weighted by Crippen LogP contribution is -2.29. The molecule has 0 fully saturated rings. The van der Waals surface area contributed by atoms with Crippen LogP contribution in [0.4, 0.5) is 0 Å². The van der Waals surface area contributed by atoms with E-state index in [1.165, 1.54) is 0 Å². The number of halogens is 2. The van der Waals surface area contributed by atoms with Crippen LogP contribution in [0.25, 0.3) is 0 Å². The van der Waals surface area contributed by atoms with Crippen LogP contribution in [0.1, 0.15) is 38.7 Å². The predicted octanol–water partition coefficient (Wildman–Crippen LogP) is 4.48. The molecule has 2 nitrogen and oxygen atoms in total. The quantitative estimate of drug-likeness (QED) is 0.790. The molecule has 0 aliphatic rings. The van der Waals surface area contributed by atoms with Crippen LogP contribution in [0.15, 0.2) is 18.2 Å². The largest absolute Gasteiger partial charge is 0.356 e. The Hall–Kier alpha value is -0.730. The van der Waals surface area contributed by atoms with Gasteiger partial charge in [-0.05, 0) is 30.0 Å². The van der Waals surface area contributed by atoms with Crippen LogP contribution in [0.3, 0.4) is 0 Å². The third-order valence-corrected chi connectivity index (χ3v) is 3.97. The molecule has 1 aromatic rings. The monoisotopic (exact) mass is 301 g/mol. The van der Waals surface area contributed by atoms with Gasteiger partial charge in [0.1, 0.15) is 0 Å². The molecule has 106 valence electrons. The van der Waals surface area contributed by atoms with Crippen LogP contribution < -0.4 is 5.32 Å². The fourth-order valence-electron chi connectivity index (χ4n) is 1.90. The van der Waals surface area contributed by atoms with Gasteiger partial charge in [-0.1, -0.05) is 56.0 Å². The van der Waals surface area contributed by atoms with E-state index in [-0.39, 0.29) is 5.91 Å². The number of carbonyl (C=O) groups is 1. The molecular weight excluding hydrogens is 281 g/mol. The minimum Gasteiger partial charge on any atom is -0.356 e. The number of aryl methyl sites for hydroxylation is 1. The summed E-state index contributed by atoms with van der Waals surface area (Å²) < 4.78 is 0. The lowest BCUT2D eigenvalue weighted by atomic mass is 10.0. The highest BCUT2D eigenvalue weighted by molar-refractivity contribution is 6.35. The van der Waals surface area contributed by atoms with Crippen molar-refractivity contribution < 1.29 is 4.79 Å². The standard InChI is InChI=1S/C15H21Cl2NO/c1-3-11(4-2)10-18-15(19)8-6-12-5-7-13(16)9-14(12)17/h5,7,9,11H,3-4,6,8,10H2,1-2H3,(H,18,19). The van der Waals surface area contributed by atoms with Gasteiger partial charge in [0, 0.05) is 23.0 Å². The van der Waals surface area contributed by atoms with E-state index in [9.17, 15) is 4.79 Å². The maximum absolute atomic E-state index is 11.8. The van der Waals surface area contributed by atoms with E-state index >= 15 is 0 Å². The van der Waals surface area contributed by atoms with Gasteiger partial charge in [-0.2, -0.15) is 0 Å². The summed E-state index contributed by atoms with van der Waals surface area (Å²) in [4.78, 5) is 11.8. The highest BCUT2D eigenvalue weighted by atomic mass is 35.5. The van der Waals surface area contributed by atoms with E-state index in [0.29, 0.717) is 28.8 Å². The summed E-state index contributed by atoms with van der Waals surface area (Å²) in [5, 5.41) is 4.22. The first-order chi connectivity index (χ1) is 9.06. The molecule has 0 aliphatic carbocycles. The van der Waals surface area contributed by atoms with Crippen molar-refractivity contribution in [2.24, 2.45) is 5.92 Å². The molecule has 0 saturated heterocycles. The van der Waals surface area contributed by atoms with Crippen molar-refractivity contribution in [3.05, 3.63) is 33.8 Å². The Labute approximate surface area is 125 Å². The summed E-state index contributed by atoms with van der Waals surface area (Å²) in [5.41, 5.74) is 0.962. The van der Waals surface area contributed by atoms with Crippen LogP contribution >= 0.6 is 23.2 Å². The molecule has 0 atom stereocenters. The van der Waals surface area contributed by atoms with E-state index < -0.39 is 0 Å². The molecule has 0 aromatic heterocycles. The smallest absolute Gasteiger partial charge is 0.220 e. The van der Waals surface area contributed by atoms with Crippen LogP contribution in [0.2, 0.25) is 10.0 Å². The normalized spacial score (nSPS) is 10.8. The summed E-state index contributed by atoms with van der Waals surface area (Å²) in [6.07, 6.45) is 3.30. The van der Waals surface area contributed by atoms with Gasteiger partial charge in [0.15, 0.2) is 0 Å². The van der Waals surface area contributed by atoms with Gasteiger partial charge in [-0.3, -0.25) is 4.79 Å². The average Bonchev–Trinajstić information content (AvgIpc) is 2.39. The van der Waals surface area contributed by atoms with Crippen LogP contribution in [-0.4, -0.2) is 12.5 Å². The second kappa shape index (κ2) is 8.44. The lowest BCUT2D eigenvalue weighted by molar-refractivity contribution is -0.121. The number of amides is 1. The number of benzene rings is 1. The maximum Gasteiger partial charge on any atom is 0.220 e. The predicted molar refractivity (Wildman–Crippen MR) is 81.9 cm³/mol. The molecule has 0 radical (unpaired) electrons. The third-order valence-electron chi connectivity index (χ3n) is 3.38. The molecule has 19 heavy (non-hydrogen) atoms. The van der Waals surface area contributed by atoms with E-state index in [1.807, 2.05) is 6.07 Å². The fraction of sp³-hybridized carbons (Fsp3) is 0.533. The first-order valence-electron chi connectivity index (χ1n) is 6.77. The van der Waals surface area contributed by atoms with Gasteiger partial charge >= 0.3 is 0 Å². The Morgan fingerprint density at radius 2 is 1.95 bits per heavy atom. The van der Waals surface area contributed by atoms with Gasteiger partial charge < -0.3 is 5.32 Å². The van der Waals surface area contributed by atoms with Crippen molar-refractivity contribution in [1.29, 1.82) is 0 Å². The topological polar surface area (TPSA) is 29.1 Å². The Morgan fingerprint density at radius 1 is 1.26 bits per heavy atom. The first kappa shape index (κ1) is 16.3. The van der Waals surface area contributed by atoms with Crippen LogP contribution in [-0.2, 0) is 11.2 Å². The van der Waals surface area contributed by atoms with Crippen molar-refractivity contribution in [3.8, 4) is 0 Å². The van der Waals surface area contributed by atoms with Crippen molar-refractivity contribution in [2.75, 3.05) is 6.54 Å². The Balaban J connectivity index is 2.37. The van der Waals surface area contributed by atoms with E-state index in [0.717, 1.165) is 24.9 Å². The van der Waals surface area contributed by atoms with Gasteiger partial charge in [0.05, 0.1) is 0 Å². The highest BCUT2D eigenvalue weighted by Crippen LogP contribution is 2.22. The number of hydrogen-bond acceptors (Lipinski definition) is 1. The number of nitrogens with one attached hydrogen (secondary N) is 1. The van der Waals surface area contributed by atoms with Gasteiger partial charge in [0.25, 0.3) is 0 Å². The molecular formula is C15H21Cl2NO. The van der Waals surface area contributed by atoms with E-state index in [2.05, 4.69) is 19.2 Å². The van der Waals surface area contributed by atoms with Crippen molar-refractivity contribution in [3.63, 3.8) is 0 Å². The van der Waals surface area contributed by atoms with Crippen LogP contribution in [0.5, 0.6) is 0 Å². The summed E-state index contributed by atoms with van der Waals surface area (Å²) in [5.74, 6) is 0.654. The highest BCUT2D eigenvalue weighted by Gasteiger charge is 2.08. The summed E-state index contributed by atoms with van der Waals surface area (Å²) >= 11 is 11.9. The average molecular weight is 302 g/mol. The first-order valence-corrected chi connectivity index (χ1v) is 7.53. The number of rotatable bonds is 7. The van der Waals surface area contributed by atoms with E-state index in [1.54, 1.807) is 12.1 Å². The summed E-state index contributed by atoms with van der Waals surface area (Å²) in [6, 6.07) is 5.38. The molecule has 1 aromatic carbocycles. The van der Waals surface area contributed by atoms with Crippen LogP contribution in [0, 0.1) is 5.92 Å². The SMILES string of the molecule is CCC(CC)CNC(=O)CCc1ccc(Cl)cc1Cl. The Morgan fingerprint density at radius 3 is 2.53 bits per heavy atom. The summed E-state index contributed by atoms with van der Waals surface area (Å²) in [7, 11) is 0. The Bertz CT molecular complexity index is 417. The zero-order valence-electron chi connectivity index (χ0n) is 11.5. The lowest BCUT2D eigenvalue weighted by Gasteiger charge is -2.13. The Kier molecular flexibility index (Phi) is 7.25. The molecule has 0 spiro atoms. The summed E-state index contributed by atoms with van der Waals surface area (Å²) in [6.45, 7) is 5.06. The molecule has 0 aliphatic heterocycles. The third kappa shape index (κ3) is 5.84. The zero-order chi connectivity index (χ0) is 14.3. The van der Waals surface area contributed by atoms with Gasteiger partial charge in [-0.25, -0.2) is 0 Å². The molecule has 1 N–H and O–H groups in total. The van der Waals surface area contributed by atoms with Crippen molar-refractivity contribution >= 4 is 29.1 Å².